The maximum Gasteiger partial charge on any atom is 0.332 e. The predicted octanol–water partition coefficient (Wildman–Crippen LogP) is 1.28. The van der Waals surface area contributed by atoms with Crippen LogP contribution in [0.4, 0.5) is 5.69 Å². The number of carboxylic acids is 1. The van der Waals surface area contributed by atoms with Gasteiger partial charge in [0.2, 0.25) is 0 Å². The number of nitrogen functional groups attached to an aromatic ring is 1. The summed E-state index contributed by atoms with van der Waals surface area (Å²) in [5.41, 5.74) is 6.38. The van der Waals surface area contributed by atoms with Crippen molar-refractivity contribution in [3.8, 4) is 0 Å². The molecule has 2 unspecified atom stereocenters. The Morgan fingerprint density at radius 2 is 2.20 bits per heavy atom. The van der Waals surface area contributed by atoms with Gasteiger partial charge in [-0.15, -0.1) is 0 Å². The summed E-state index contributed by atoms with van der Waals surface area (Å²) in [6.45, 7) is 0.268. The van der Waals surface area contributed by atoms with Crippen LogP contribution < -0.4 is 11.1 Å². The number of nitrogens with one attached hydrogen (secondary N) is 1. The van der Waals surface area contributed by atoms with Crippen molar-refractivity contribution in [1.82, 2.24) is 5.32 Å². The van der Waals surface area contributed by atoms with Gasteiger partial charge in [-0.25, -0.2) is 4.79 Å². The number of anilines is 1. The monoisotopic (exact) mass is 298 g/mol. The molecular weight excluding hydrogens is 284 g/mol. The van der Waals surface area contributed by atoms with Gasteiger partial charge in [0.25, 0.3) is 5.91 Å². The Labute approximate surface area is 120 Å². The van der Waals surface area contributed by atoms with E-state index in [1.54, 1.807) is 12.1 Å². The first-order valence-electron chi connectivity index (χ1n) is 6.19. The number of aliphatic carboxylic acids is 1. The molecule has 7 heteroatoms. The molecule has 108 valence electrons. The Morgan fingerprint density at radius 3 is 2.80 bits per heavy atom. The molecule has 0 spiro atoms. The molecule has 1 heterocycles. The Bertz CT molecular complexity index is 535. The molecule has 0 radical (unpaired) electrons. The predicted molar refractivity (Wildman–Crippen MR) is 73.7 cm³/mol. The van der Waals surface area contributed by atoms with E-state index in [0.29, 0.717) is 29.1 Å². The minimum absolute atomic E-state index is 0.268. The first-order valence-corrected chi connectivity index (χ1v) is 6.56. The molecule has 2 atom stereocenters. The summed E-state index contributed by atoms with van der Waals surface area (Å²) in [5.74, 6) is -1.27. The van der Waals surface area contributed by atoms with Crippen LogP contribution >= 0.6 is 11.6 Å². The fourth-order valence-electron chi connectivity index (χ4n) is 2.01. The number of carboxylic acid groups (broad SMARTS) is 1. The fraction of sp³-hybridized carbons (Fsp3) is 0.385. The van der Waals surface area contributed by atoms with Crippen LogP contribution in [0.3, 0.4) is 0 Å². The summed E-state index contributed by atoms with van der Waals surface area (Å²) in [5, 5.41) is 11.8. The lowest BCUT2D eigenvalue weighted by atomic mass is 10.1. The smallest absolute Gasteiger partial charge is 0.332 e. The number of carbonyl (C=O) groups excluding carboxylic acids is 1. The molecule has 1 saturated heterocycles. The molecular formula is C13H15ClN2O4. The molecule has 6 nitrogen and oxygen atoms in total. The highest BCUT2D eigenvalue weighted by Gasteiger charge is 2.30. The number of amides is 1. The lowest BCUT2D eigenvalue weighted by Gasteiger charge is -2.12. The fourth-order valence-corrected chi connectivity index (χ4v) is 2.20. The van der Waals surface area contributed by atoms with Gasteiger partial charge in [0.1, 0.15) is 0 Å². The van der Waals surface area contributed by atoms with Gasteiger partial charge in [-0.2, -0.15) is 0 Å². The first kappa shape index (κ1) is 14.6. The van der Waals surface area contributed by atoms with Gasteiger partial charge >= 0.3 is 5.97 Å². The summed E-state index contributed by atoms with van der Waals surface area (Å²) in [6, 6.07) is 4.62. The van der Waals surface area contributed by atoms with Crippen LogP contribution in [0.1, 0.15) is 23.2 Å². The maximum atomic E-state index is 11.9. The van der Waals surface area contributed by atoms with Gasteiger partial charge in [-0.3, -0.25) is 4.79 Å². The third kappa shape index (κ3) is 3.40. The normalized spacial score (nSPS) is 21.6. The number of benzene rings is 1. The SMILES string of the molecule is Nc1ccc(C(=O)NCC2CCC(C(=O)O)O2)cc1Cl. The Hall–Kier alpha value is -1.79. The summed E-state index contributed by atoms with van der Waals surface area (Å²) in [4.78, 5) is 22.6. The molecule has 0 bridgehead atoms. The molecule has 0 aliphatic carbocycles. The summed E-state index contributed by atoms with van der Waals surface area (Å²) < 4.78 is 5.29. The molecule has 20 heavy (non-hydrogen) atoms. The van der Waals surface area contributed by atoms with Crippen LogP contribution in [0.15, 0.2) is 18.2 Å². The summed E-state index contributed by atoms with van der Waals surface area (Å²) >= 11 is 5.84. The molecule has 1 aromatic rings. The molecule has 4 N–H and O–H groups in total. The number of rotatable bonds is 4. The van der Waals surface area contributed by atoms with Crippen LogP contribution in [0.25, 0.3) is 0 Å². The van der Waals surface area contributed by atoms with Gasteiger partial charge in [0.05, 0.1) is 16.8 Å². The van der Waals surface area contributed by atoms with Crippen LogP contribution in [-0.2, 0) is 9.53 Å². The van der Waals surface area contributed by atoms with Crippen LogP contribution in [0.2, 0.25) is 5.02 Å². The minimum atomic E-state index is -0.968. The zero-order chi connectivity index (χ0) is 14.7. The summed E-state index contributed by atoms with van der Waals surface area (Å²) in [6.07, 6.45) is 0.0238. The number of ether oxygens (including phenoxy) is 1. The zero-order valence-corrected chi connectivity index (χ0v) is 11.4. The molecule has 1 fully saturated rings. The van der Waals surface area contributed by atoms with E-state index in [0.717, 1.165) is 0 Å². The quantitative estimate of drug-likeness (QED) is 0.727. The van der Waals surface area contributed by atoms with E-state index >= 15 is 0 Å². The first-order chi connectivity index (χ1) is 9.47. The Kier molecular flexibility index (Phi) is 4.46. The maximum absolute atomic E-state index is 11.9. The molecule has 1 amide bonds. The van der Waals surface area contributed by atoms with Crippen LogP contribution in [-0.4, -0.2) is 35.7 Å². The van der Waals surface area contributed by atoms with Crippen molar-refractivity contribution in [2.75, 3.05) is 12.3 Å². The molecule has 1 aliphatic rings. The van der Waals surface area contributed by atoms with Crippen molar-refractivity contribution in [2.24, 2.45) is 0 Å². The number of nitrogens with two attached hydrogens (primary N) is 1. The second kappa shape index (κ2) is 6.11. The average molecular weight is 299 g/mol. The van der Waals surface area contributed by atoms with Crippen molar-refractivity contribution in [3.05, 3.63) is 28.8 Å². The number of carbonyl (C=O) groups is 2. The Balaban J connectivity index is 1.86. The zero-order valence-electron chi connectivity index (χ0n) is 10.6. The van der Waals surface area contributed by atoms with E-state index in [9.17, 15) is 9.59 Å². The lowest BCUT2D eigenvalue weighted by molar-refractivity contribution is -0.149. The van der Waals surface area contributed by atoms with Gasteiger partial charge in [-0.1, -0.05) is 11.6 Å². The van der Waals surface area contributed by atoms with E-state index in [2.05, 4.69) is 5.32 Å². The van der Waals surface area contributed by atoms with Gasteiger partial charge in [0, 0.05) is 12.1 Å². The van der Waals surface area contributed by atoms with E-state index in [1.807, 2.05) is 0 Å². The standard InChI is InChI=1S/C13H15ClN2O4/c14-9-5-7(1-3-10(9)15)12(17)16-6-8-2-4-11(20-8)13(18)19/h1,3,5,8,11H,2,4,6,15H2,(H,16,17)(H,18,19). The van der Waals surface area contributed by atoms with Gasteiger partial charge in [-0.05, 0) is 31.0 Å². The highest BCUT2D eigenvalue weighted by Crippen LogP contribution is 2.21. The lowest BCUT2D eigenvalue weighted by Crippen LogP contribution is -2.33. The third-order valence-corrected chi connectivity index (χ3v) is 3.46. The van der Waals surface area contributed by atoms with E-state index < -0.39 is 12.1 Å². The van der Waals surface area contributed by atoms with Crippen LogP contribution in [0.5, 0.6) is 0 Å². The van der Waals surface area contributed by atoms with Gasteiger partial charge < -0.3 is 20.9 Å². The molecule has 1 aliphatic heterocycles. The minimum Gasteiger partial charge on any atom is -0.479 e. The summed E-state index contributed by atoms with van der Waals surface area (Å²) in [7, 11) is 0. The highest BCUT2D eigenvalue weighted by molar-refractivity contribution is 6.33. The van der Waals surface area contributed by atoms with Crippen molar-refractivity contribution < 1.29 is 19.4 Å². The van der Waals surface area contributed by atoms with Crippen molar-refractivity contribution in [2.45, 2.75) is 25.0 Å². The average Bonchev–Trinajstić information content (AvgIpc) is 2.88. The largest absolute Gasteiger partial charge is 0.479 e. The number of halogens is 1. The van der Waals surface area contributed by atoms with E-state index in [-0.39, 0.29) is 18.6 Å². The third-order valence-electron chi connectivity index (χ3n) is 3.14. The second-order valence-corrected chi connectivity index (χ2v) is 5.02. The van der Waals surface area contributed by atoms with E-state index in [4.69, 9.17) is 27.2 Å². The van der Waals surface area contributed by atoms with Crippen LogP contribution in [0, 0.1) is 0 Å². The number of hydrogen-bond acceptors (Lipinski definition) is 4. The van der Waals surface area contributed by atoms with Gasteiger partial charge in [0.15, 0.2) is 6.10 Å². The number of hydrogen-bond donors (Lipinski definition) is 3. The molecule has 0 aromatic heterocycles. The van der Waals surface area contributed by atoms with Crippen molar-refractivity contribution in [3.63, 3.8) is 0 Å². The highest BCUT2D eigenvalue weighted by atomic mass is 35.5. The Morgan fingerprint density at radius 1 is 1.45 bits per heavy atom. The van der Waals surface area contributed by atoms with Crippen molar-refractivity contribution in [1.29, 1.82) is 0 Å². The topological polar surface area (TPSA) is 102 Å². The van der Waals surface area contributed by atoms with Crippen molar-refractivity contribution >= 4 is 29.2 Å². The second-order valence-electron chi connectivity index (χ2n) is 4.61. The molecule has 0 saturated carbocycles. The molecule has 2 rings (SSSR count). The molecule has 1 aromatic carbocycles. The van der Waals surface area contributed by atoms with E-state index in [1.165, 1.54) is 6.07 Å².